The first-order valence-electron chi connectivity index (χ1n) is 3.53. The van der Waals surface area contributed by atoms with Crippen molar-refractivity contribution in [1.82, 2.24) is 0 Å². The zero-order valence-corrected chi connectivity index (χ0v) is 8.11. The van der Waals surface area contributed by atoms with Crippen molar-refractivity contribution < 1.29 is 13.2 Å². The van der Waals surface area contributed by atoms with Gasteiger partial charge in [0.05, 0.1) is 10.5 Å². The second kappa shape index (κ2) is 4.11. The van der Waals surface area contributed by atoms with Gasteiger partial charge in [0.1, 0.15) is 18.3 Å². The van der Waals surface area contributed by atoms with Crippen molar-refractivity contribution in [2.45, 2.75) is 6.04 Å². The molecule has 1 aromatic rings. The molecule has 0 amide bonds. The first-order chi connectivity index (χ1) is 6.07. The van der Waals surface area contributed by atoms with Gasteiger partial charge in [-0.3, -0.25) is 0 Å². The maximum atomic E-state index is 13.2. The van der Waals surface area contributed by atoms with Crippen LogP contribution in [-0.2, 0) is 0 Å². The summed E-state index contributed by atoms with van der Waals surface area (Å²) in [5.41, 5.74) is 4.77. The van der Waals surface area contributed by atoms with Crippen molar-refractivity contribution in [3.05, 3.63) is 33.8 Å². The third kappa shape index (κ3) is 2.03. The Labute approximate surface area is 81.9 Å². The van der Waals surface area contributed by atoms with E-state index in [1.54, 1.807) is 0 Å². The molecule has 0 bridgehead atoms. The molecule has 0 fully saturated rings. The largest absolute Gasteiger partial charge is 0.322 e. The molecule has 5 heteroatoms. The number of benzene rings is 1. The minimum Gasteiger partial charge on any atom is -0.322 e. The lowest BCUT2D eigenvalue weighted by Gasteiger charge is -2.10. The summed E-state index contributed by atoms with van der Waals surface area (Å²) in [5.74, 6) is -1.67. The van der Waals surface area contributed by atoms with Crippen LogP contribution in [0.25, 0.3) is 0 Å². The van der Waals surface area contributed by atoms with Gasteiger partial charge in [-0.2, -0.15) is 0 Å². The van der Waals surface area contributed by atoms with Crippen LogP contribution in [0.15, 0.2) is 16.6 Å². The van der Waals surface area contributed by atoms with E-state index in [0.717, 1.165) is 6.07 Å². The fraction of sp³-hybridized carbons (Fsp3) is 0.250. The summed E-state index contributed by atoms with van der Waals surface area (Å²) in [7, 11) is 0. The van der Waals surface area contributed by atoms with E-state index in [-0.39, 0.29) is 4.47 Å². The Balaban J connectivity index is 3.25. The predicted molar refractivity (Wildman–Crippen MR) is 47.0 cm³/mol. The second-order valence-corrected chi connectivity index (χ2v) is 3.37. The molecule has 72 valence electrons. The number of hydrogen-bond acceptors (Lipinski definition) is 1. The molecular weight excluding hydrogens is 247 g/mol. The van der Waals surface area contributed by atoms with E-state index in [1.807, 2.05) is 0 Å². The molecule has 0 saturated heterocycles. The smallest absolute Gasteiger partial charge is 0.145 e. The number of nitrogens with two attached hydrogens (primary N) is 1. The van der Waals surface area contributed by atoms with Gasteiger partial charge in [-0.15, -0.1) is 0 Å². The van der Waals surface area contributed by atoms with Crippen LogP contribution in [0.5, 0.6) is 0 Å². The molecule has 1 nitrogen and oxygen atoms in total. The Morgan fingerprint density at radius 3 is 2.54 bits per heavy atom. The molecule has 0 radical (unpaired) electrons. The summed E-state index contributed by atoms with van der Waals surface area (Å²) in [6, 6.07) is 0.995. The molecule has 1 aromatic carbocycles. The maximum Gasteiger partial charge on any atom is 0.145 e. The Morgan fingerprint density at radius 1 is 1.38 bits per heavy atom. The van der Waals surface area contributed by atoms with Crippen LogP contribution in [0.4, 0.5) is 13.2 Å². The van der Waals surface area contributed by atoms with Gasteiger partial charge in [0.2, 0.25) is 0 Å². The standard InChI is InChI=1S/C8H7BrF3N/c9-4-1-2-5(11)7(8(4)12)6(13)3-10/h1-2,6H,3,13H2/t6-/m1/s1. The van der Waals surface area contributed by atoms with Crippen molar-refractivity contribution >= 4 is 15.9 Å². The van der Waals surface area contributed by atoms with E-state index < -0.39 is 29.9 Å². The normalized spacial score (nSPS) is 13.0. The molecule has 0 aliphatic carbocycles. The third-order valence-electron chi connectivity index (χ3n) is 1.62. The van der Waals surface area contributed by atoms with Crippen LogP contribution >= 0.6 is 15.9 Å². The lowest BCUT2D eigenvalue weighted by atomic mass is 10.1. The number of rotatable bonds is 2. The fourth-order valence-corrected chi connectivity index (χ4v) is 1.31. The van der Waals surface area contributed by atoms with Gasteiger partial charge in [0.25, 0.3) is 0 Å². The van der Waals surface area contributed by atoms with Crippen molar-refractivity contribution in [1.29, 1.82) is 0 Å². The Hall–Kier alpha value is -0.550. The highest BCUT2D eigenvalue weighted by atomic mass is 79.9. The molecule has 1 rings (SSSR count). The first-order valence-corrected chi connectivity index (χ1v) is 4.32. The van der Waals surface area contributed by atoms with E-state index in [0.29, 0.717) is 0 Å². The van der Waals surface area contributed by atoms with Gasteiger partial charge in [-0.25, -0.2) is 13.2 Å². The summed E-state index contributed by atoms with van der Waals surface area (Å²) in [6.45, 7) is -0.996. The molecular formula is C8H7BrF3N. The lowest BCUT2D eigenvalue weighted by molar-refractivity contribution is 0.413. The van der Waals surface area contributed by atoms with E-state index in [2.05, 4.69) is 15.9 Å². The molecule has 1 atom stereocenters. The number of alkyl halides is 1. The van der Waals surface area contributed by atoms with Crippen molar-refractivity contribution in [2.75, 3.05) is 6.67 Å². The molecule has 0 spiro atoms. The van der Waals surface area contributed by atoms with E-state index >= 15 is 0 Å². The van der Waals surface area contributed by atoms with Gasteiger partial charge in [-0.1, -0.05) is 0 Å². The fourth-order valence-electron chi connectivity index (χ4n) is 0.960. The average Bonchev–Trinajstić information content (AvgIpc) is 2.12. The minimum absolute atomic E-state index is 0.0767. The zero-order chi connectivity index (χ0) is 10.0. The maximum absolute atomic E-state index is 13.2. The van der Waals surface area contributed by atoms with Crippen LogP contribution in [0.3, 0.4) is 0 Å². The van der Waals surface area contributed by atoms with Crippen LogP contribution in [0.2, 0.25) is 0 Å². The molecule has 0 heterocycles. The molecule has 0 aliphatic rings. The summed E-state index contributed by atoms with van der Waals surface area (Å²) in [4.78, 5) is 0. The SMILES string of the molecule is N[C@H](CF)c1c(F)ccc(Br)c1F. The van der Waals surface area contributed by atoms with Crippen LogP contribution < -0.4 is 5.73 Å². The molecule has 2 N–H and O–H groups in total. The first kappa shape index (κ1) is 10.5. The lowest BCUT2D eigenvalue weighted by Crippen LogP contribution is -2.16. The quantitative estimate of drug-likeness (QED) is 0.807. The third-order valence-corrected chi connectivity index (χ3v) is 2.23. The number of hydrogen-bond donors (Lipinski definition) is 1. The van der Waals surface area contributed by atoms with E-state index in [4.69, 9.17) is 5.73 Å². The zero-order valence-electron chi connectivity index (χ0n) is 6.53. The molecule has 0 aromatic heterocycles. The van der Waals surface area contributed by atoms with Crippen LogP contribution in [0.1, 0.15) is 11.6 Å². The van der Waals surface area contributed by atoms with Crippen LogP contribution in [-0.4, -0.2) is 6.67 Å². The molecule has 0 unspecified atom stereocenters. The Morgan fingerprint density at radius 2 is 2.00 bits per heavy atom. The number of halogens is 4. The molecule has 0 saturated carbocycles. The van der Waals surface area contributed by atoms with Crippen molar-refractivity contribution in [2.24, 2.45) is 5.73 Å². The second-order valence-electron chi connectivity index (χ2n) is 2.52. The minimum atomic E-state index is -1.25. The van der Waals surface area contributed by atoms with Gasteiger partial charge >= 0.3 is 0 Å². The van der Waals surface area contributed by atoms with Gasteiger partial charge in [0, 0.05) is 5.56 Å². The van der Waals surface area contributed by atoms with E-state index in [9.17, 15) is 13.2 Å². The molecule has 0 aliphatic heterocycles. The van der Waals surface area contributed by atoms with E-state index in [1.165, 1.54) is 6.07 Å². The average molecular weight is 254 g/mol. The summed E-state index contributed by atoms with van der Waals surface area (Å²) in [6.07, 6.45) is 0. The summed E-state index contributed by atoms with van der Waals surface area (Å²) in [5, 5.41) is 0. The van der Waals surface area contributed by atoms with Crippen molar-refractivity contribution in [3.8, 4) is 0 Å². The molecule has 13 heavy (non-hydrogen) atoms. The summed E-state index contributed by atoms with van der Waals surface area (Å²) < 4.78 is 38.3. The highest BCUT2D eigenvalue weighted by Crippen LogP contribution is 2.25. The monoisotopic (exact) mass is 253 g/mol. The summed E-state index contributed by atoms with van der Waals surface area (Å²) >= 11 is 2.86. The Bertz CT molecular complexity index is 317. The predicted octanol–water partition coefficient (Wildman–Crippen LogP) is 2.70. The highest BCUT2D eigenvalue weighted by Gasteiger charge is 2.18. The van der Waals surface area contributed by atoms with Gasteiger partial charge < -0.3 is 5.73 Å². The Kier molecular flexibility index (Phi) is 3.33. The van der Waals surface area contributed by atoms with Crippen molar-refractivity contribution in [3.63, 3.8) is 0 Å². The highest BCUT2D eigenvalue weighted by molar-refractivity contribution is 9.10. The van der Waals surface area contributed by atoms with Crippen LogP contribution in [0, 0.1) is 11.6 Å². The topological polar surface area (TPSA) is 26.0 Å². The van der Waals surface area contributed by atoms with Gasteiger partial charge in [0.15, 0.2) is 0 Å². The van der Waals surface area contributed by atoms with Gasteiger partial charge in [-0.05, 0) is 28.1 Å².